The van der Waals surface area contributed by atoms with Gasteiger partial charge in [0, 0.05) is 18.9 Å². The van der Waals surface area contributed by atoms with E-state index in [9.17, 15) is 4.79 Å². The number of primary amides is 1. The monoisotopic (exact) mass is 352 g/mol. The predicted octanol–water partition coefficient (Wildman–Crippen LogP) is 3.05. The zero-order chi connectivity index (χ0) is 18.2. The molecule has 1 amide bonds. The van der Waals surface area contributed by atoms with Crippen LogP contribution >= 0.6 is 0 Å². The van der Waals surface area contributed by atoms with Gasteiger partial charge in [0.2, 0.25) is 5.91 Å². The highest BCUT2D eigenvalue weighted by Gasteiger charge is 2.22. The van der Waals surface area contributed by atoms with Crippen LogP contribution in [0.5, 0.6) is 5.75 Å². The predicted molar refractivity (Wildman–Crippen MR) is 104 cm³/mol. The number of hydrogen-bond donors (Lipinski definition) is 1. The molecule has 0 radical (unpaired) electrons. The lowest BCUT2D eigenvalue weighted by molar-refractivity contribution is -0.123. The molecule has 0 aliphatic carbocycles. The van der Waals surface area contributed by atoms with E-state index in [-0.39, 0.29) is 11.8 Å². The molecule has 1 saturated heterocycles. The van der Waals surface area contributed by atoms with Crippen molar-refractivity contribution in [3.8, 4) is 5.75 Å². The van der Waals surface area contributed by atoms with Gasteiger partial charge in [0.05, 0.1) is 6.61 Å². The smallest absolute Gasteiger partial charge is 0.220 e. The van der Waals surface area contributed by atoms with Gasteiger partial charge < -0.3 is 15.4 Å². The molecule has 2 aromatic carbocycles. The van der Waals surface area contributed by atoms with E-state index < -0.39 is 0 Å². The Labute approximate surface area is 156 Å². The van der Waals surface area contributed by atoms with Crippen molar-refractivity contribution >= 4 is 5.91 Å². The minimum Gasteiger partial charge on any atom is -0.493 e. The summed E-state index contributed by atoms with van der Waals surface area (Å²) >= 11 is 0. The molecule has 0 unspecified atom stereocenters. The van der Waals surface area contributed by atoms with Crippen molar-refractivity contribution in [3.05, 3.63) is 65.7 Å². The maximum Gasteiger partial charge on any atom is 0.220 e. The van der Waals surface area contributed by atoms with Crippen LogP contribution in [0.25, 0.3) is 0 Å². The third-order valence-corrected chi connectivity index (χ3v) is 5.13. The Hall–Kier alpha value is -2.33. The van der Waals surface area contributed by atoms with Gasteiger partial charge in [-0.25, -0.2) is 0 Å². The summed E-state index contributed by atoms with van der Waals surface area (Å²) in [7, 11) is 0. The number of nitrogens with two attached hydrogens (primary N) is 1. The molecule has 2 aromatic rings. The lowest BCUT2D eigenvalue weighted by Crippen LogP contribution is -2.39. The molecule has 0 aromatic heterocycles. The molecule has 1 aliphatic heterocycles. The van der Waals surface area contributed by atoms with Gasteiger partial charge in [-0.1, -0.05) is 42.5 Å². The van der Waals surface area contributed by atoms with Crippen LogP contribution in [-0.4, -0.2) is 37.0 Å². The zero-order valence-corrected chi connectivity index (χ0v) is 15.3. The van der Waals surface area contributed by atoms with Crippen LogP contribution in [0, 0.1) is 5.92 Å². The molecule has 0 bridgehead atoms. The highest BCUT2D eigenvalue weighted by Crippen LogP contribution is 2.18. The van der Waals surface area contributed by atoms with Gasteiger partial charge in [0.1, 0.15) is 5.75 Å². The lowest BCUT2D eigenvalue weighted by atomic mass is 9.96. The van der Waals surface area contributed by atoms with Crippen molar-refractivity contribution in [1.29, 1.82) is 0 Å². The Balaban J connectivity index is 1.37. The summed E-state index contributed by atoms with van der Waals surface area (Å²) in [6.07, 6.45) is 3.72. The molecule has 1 heterocycles. The Morgan fingerprint density at radius 2 is 1.62 bits per heavy atom. The molecule has 0 saturated carbocycles. The van der Waals surface area contributed by atoms with E-state index in [1.807, 2.05) is 6.07 Å². The highest BCUT2D eigenvalue weighted by molar-refractivity contribution is 5.76. The summed E-state index contributed by atoms with van der Waals surface area (Å²) in [6, 6.07) is 18.8. The molecule has 4 heteroatoms. The molecule has 26 heavy (non-hydrogen) atoms. The van der Waals surface area contributed by atoms with E-state index >= 15 is 0 Å². The molecule has 2 N–H and O–H groups in total. The summed E-state index contributed by atoms with van der Waals surface area (Å²) < 4.78 is 5.84. The first-order valence-electron chi connectivity index (χ1n) is 9.48. The molecular weight excluding hydrogens is 324 g/mol. The Kier molecular flexibility index (Phi) is 6.67. The molecular formula is C22H28N2O2. The lowest BCUT2D eigenvalue weighted by Gasteiger charge is -2.30. The first kappa shape index (κ1) is 18.5. The van der Waals surface area contributed by atoms with Crippen molar-refractivity contribution < 1.29 is 9.53 Å². The van der Waals surface area contributed by atoms with E-state index in [0.29, 0.717) is 6.61 Å². The Bertz CT molecular complexity index is 677. The fraction of sp³-hybridized carbons (Fsp3) is 0.409. The molecule has 138 valence electrons. The van der Waals surface area contributed by atoms with Crippen LogP contribution in [0.15, 0.2) is 54.6 Å². The Morgan fingerprint density at radius 3 is 2.27 bits per heavy atom. The Morgan fingerprint density at radius 1 is 0.962 bits per heavy atom. The quantitative estimate of drug-likeness (QED) is 0.794. The first-order valence-corrected chi connectivity index (χ1v) is 9.48. The zero-order valence-electron chi connectivity index (χ0n) is 15.3. The second-order valence-corrected chi connectivity index (χ2v) is 7.00. The highest BCUT2D eigenvalue weighted by atomic mass is 16.5. The van der Waals surface area contributed by atoms with E-state index in [4.69, 9.17) is 10.5 Å². The fourth-order valence-corrected chi connectivity index (χ4v) is 3.41. The number of carbonyl (C=O) groups excluding carboxylic acids is 1. The van der Waals surface area contributed by atoms with Crippen molar-refractivity contribution in [2.45, 2.75) is 25.7 Å². The van der Waals surface area contributed by atoms with E-state index in [1.54, 1.807) is 0 Å². The van der Waals surface area contributed by atoms with Crippen LogP contribution in [0.4, 0.5) is 0 Å². The van der Waals surface area contributed by atoms with Crippen LogP contribution in [-0.2, 0) is 17.6 Å². The van der Waals surface area contributed by atoms with E-state index in [0.717, 1.165) is 51.1 Å². The molecule has 1 aliphatic rings. The van der Waals surface area contributed by atoms with Gasteiger partial charge in [-0.15, -0.1) is 0 Å². The van der Waals surface area contributed by atoms with Gasteiger partial charge in [-0.2, -0.15) is 0 Å². The number of amides is 1. The van der Waals surface area contributed by atoms with Gasteiger partial charge in [0.25, 0.3) is 0 Å². The first-order chi connectivity index (χ1) is 12.7. The van der Waals surface area contributed by atoms with Crippen molar-refractivity contribution in [2.24, 2.45) is 11.7 Å². The van der Waals surface area contributed by atoms with Gasteiger partial charge in [-0.3, -0.25) is 4.79 Å². The second kappa shape index (κ2) is 9.39. The maximum absolute atomic E-state index is 11.2. The van der Waals surface area contributed by atoms with Crippen LogP contribution < -0.4 is 10.5 Å². The molecule has 1 fully saturated rings. The SMILES string of the molecule is NC(=O)C1CCN(CCc2ccc(OCCc3ccccc3)cc2)CC1. The maximum atomic E-state index is 11.2. The minimum atomic E-state index is -0.146. The standard InChI is InChI=1S/C22H28N2O2/c23-22(25)20-11-15-24(16-12-20)14-10-19-6-8-21(9-7-19)26-17-13-18-4-2-1-3-5-18/h1-9,20H,10-17H2,(H2,23,25). The average molecular weight is 352 g/mol. The normalized spacial score (nSPS) is 15.7. The fourth-order valence-electron chi connectivity index (χ4n) is 3.41. The van der Waals surface area contributed by atoms with Crippen molar-refractivity contribution in [1.82, 2.24) is 4.90 Å². The summed E-state index contributed by atoms with van der Waals surface area (Å²) in [5, 5.41) is 0. The summed E-state index contributed by atoms with van der Waals surface area (Å²) in [4.78, 5) is 13.6. The average Bonchev–Trinajstić information content (AvgIpc) is 2.68. The minimum absolute atomic E-state index is 0.0681. The second-order valence-electron chi connectivity index (χ2n) is 7.00. The number of benzene rings is 2. The summed E-state index contributed by atoms with van der Waals surface area (Å²) in [5.74, 6) is 0.845. The molecule has 3 rings (SSSR count). The van der Waals surface area contributed by atoms with Crippen LogP contribution in [0.1, 0.15) is 24.0 Å². The van der Waals surface area contributed by atoms with Gasteiger partial charge in [-0.05, 0) is 55.6 Å². The van der Waals surface area contributed by atoms with Crippen molar-refractivity contribution in [2.75, 3.05) is 26.2 Å². The number of hydrogen-bond acceptors (Lipinski definition) is 3. The number of piperidine rings is 1. The number of ether oxygens (including phenoxy) is 1. The number of nitrogens with zero attached hydrogens (tertiary/aromatic N) is 1. The molecule has 0 atom stereocenters. The third kappa shape index (κ3) is 5.60. The van der Waals surface area contributed by atoms with Crippen molar-refractivity contribution in [3.63, 3.8) is 0 Å². The summed E-state index contributed by atoms with van der Waals surface area (Å²) in [5.41, 5.74) is 8.00. The molecule has 0 spiro atoms. The van der Waals surface area contributed by atoms with Gasteiger partial charge in [0.15, 0.2) is 0 Å². The number of likely N-dealkylation sites (tertiary alicyclic amines) is 1. The van der Waals surface area contributed by atoms with E-state index in [2.05, 4.69) is 53.4 Å². The van der Waals surface area contributed by atoms with Crippen LogP contribution in [0.3, 0.4) is 0 Å². The topological polar surface area (TPSA) is 55.6 Å². The third-order valence-electron chi connectivity index (χ3n) is 5.13. The molecule has 4 nitrogen and oxygen atoms in total. The van der Waals surface area contributed by atoms with Gasteiger partial charge >= 0.3 is 0 Å². The summed E-state index contributed by atoms with van der Waals surface area (Å²) in [6.45, 7) is 3.65. The largest absolute Gasteiger partial charge is 0.493 e. The number of rotatable bonds is 8. The van der Waals surface area contributed by atoms with Crippen LogP contribution in [0.2, 0.25) is 0 Å². The number of carbonyl (C=O) groups is 1. The van der Waals surface area contributed by atoms with E-state index in [1.165, 1.54) is 11.1 Å².